The van der Waals surface area contributed by atoms with Crippen LogP contribution in [0.3, 0.4) is 0 Å². The quantitative estimate of drug-likeness (QED) is 0.848. The maximum Gasteiger partial charge on any atom is 0.223 e. The van der Waals surface area contributed by atoms with Crippen LogP contribution in [0.1, 0.15) is 37.3 Å². The average molecular weight is 348 g/mol. The van der Waals surface area contributed by atoms with Gasteiger partial charge in [0, 0.05) is 19.0 Å². The number of benzene rings is 2. The second-order valence-corrected chi connectivity index (χ2v) is 7.87. The number of nitrogens with one attached hydrogen (secondary N) is 1. The summed E-state index contributed by atoms with van der Waals surface area (Å²) in [5, 5.41) is 3.12. The Labute approximate surface area is 156 Å². The Kier molecular flexibility index (Phi) is 5.07. The minimum atomic E-state index is 0.202. The Morgan fingerprint density at radius 1 is 1.08 bits per heavy atom. The molecule has 1 N–H and O–H groups in total. The summed E-state index contributed by atoms with van der Waals surface area (Å²) in [6, 6.07) is 17.3. The van der Waals surface area contributed by atoms with E-state index in [0.29, 0.717) is 12.5 Å². The second-order valence-electron chi connectivity index (χ2n) is 7.87. The van der Waals surface area contributed by atoms with Gasteiger partial charge in [-0.05, 0) is 60.5 Å². The third-order valence-corrected chi connectivity index (χ3v) is 5.79. The van der Waals surface area contributed by atoms with Gasteiger partial charge in [-0.1, -0.05) is 55.5 Å². The van der Waals surface area contributed by atoms with Gasteiger partial charge in [0.2, 0.25) is 5.91 Å². The highest BCUT2D eigenvalue weighted by Crippen LogP contribution is 2.37. The van der Waals surface area contributed by atoms with Crippen molar-refractivity contribution >= 4 is 5.91 Å². The first-order valence-corrected chi connectivity index (χ1v) is 9.88. The summed E-state index contributed by atoms with van der Waals surface area (Å²) < 4.78 is 0. The highest BCUT2D eigenvalue weighted by molar-refractivity contribution is 5.81. The van der Waals surface area contributed by atoms with Crippen molar-refractivity contribution in [3.05, 3.63) is 59.7 Å². The molecule has 0 unspecified atom stereocenters. The van der Waals surface area contributed by atoms with E-state index in [1.165, 1.54) is 48.2 Å². The zero-order valence-electron chi connectivity index (χ0n) is 15.6. The second kappa shape index (κ2) is 7.63. The Morgan fingerprint density at radius 2 is 1.77 bits per heavy atom. The van der Waals surface area contributed by atoms with E-state index in [2.05, 4.69) is 59.6 Å². The SMILES string of the molecule is C[C@@H]1C[C@H]1C(=O)NCc1ccccc1-c1ccc(CN2CCCC2)cc1. The summed E-state index contributed by atoms with van der Waals surface area (Å²) >= 11 is 0. The first kappa shape index (κ1) is 17.3. The Morgan fingerprint density at radius 3 is 2.46 bits per heavy atom. The molecule has 2 atom stereocenters. The van der Waals surface area contributed by atoms with Gasteiger partial charge >= 0.3 is 0 Å². The van der Waals surface area contributed by atoms with E-state index >= 15 is 0 Å². The first-order valence-electron chi connectivity index (χ1n) is 9.88. The molecule has 0 aromatic heterocycles. The lowest BCUT2D eigenvalue weighted by atomic mass is 9.98. The van der Waals surface area contributed by atoms with E-state index in [1.54, 1.807) is 0 Å². The van der Waals surface area contributed by atoms with Crippen LogP contribution in [-0.4, -0.2) is 23.9 Å². The average Bonchev–Trinajstić information content (AvgIpc) is 3.18. The molecule has 1 aliphatic heterocycles. The number of nitrogens with zero attached hydrogens (tertiary/aromatic N) is 1. The fraction of sp³-hybridized carbons (Fsp3) is 0.435. The van der Waals surface area contributed by atoms with Crippen LogP contribution in [0.5, 0.6) is 0 Å². The minimum Gasteiger partial charge on any atom is -0.352 e. The van der Waals surface area contributed by atoms with Gasteiger partial charge < -0.3 is 5.32 Å². The Balaban J connectivity index is 1.44. The van der Waals surface area contributed by atoms with E-state index in [0.717, 1.165) is 13.0 Å². The Bertz CT molecular complexity index is 762. The molecule has 0 radical (unpaired) electrons. The monoisotopic (exact) mass is 348 g/mol. The molecule has 1 aliphatic carbocycles. The van der Waals surface area contributed by atoms with Crippen molar-refractivity contribution in [2.75, 3.05) is 13.1 Å². The largest absolute Gasteiger partial charge is 0.352 e. The lowest BCUT2D eigenvalue weighted by Crippen LogP contribution is -2.25. The number of carbonyl (C=O) groups is 1. The number of hydrogen-bond acceptors (Lipinski definition) is 2. The van der Waals surface area contributed by atoms with Crippen LogP contribution in [-0.2, 0) is 17.9 Å². The van der Waals surface area contributed by atoms with Crippen molar-refractivity contribution in [2.45, 2.75) is 39.3 Å². The normalized spacial score (nSPS) is 22.3. The van der Waals surface area contributed by atoms with Gasteiger partial charge in [0.05, 0.1) is 0 Å². The molecule has 3 nitrogen and oxygen atoms in total. The molecule has 136 valence electrons. The highest BCUT2D eigenvalue weighted by Gasteiger charge is 2.38. The topological polar surface area (TPSA) is 32.3 Å². The zero-order valence-corrected chi connectivity index (χ0v) is 15.6. The third kappa shape index (κ3) is 3.99. The van der Waals surface area contributed by atoms with Crippen molar-refractivity contribution in [1.29, 1.82) is 0 Å². The zero-order chi connectivity index (χ0) is 17.9. The van der Waals surface area contributed by atoms with Crippen molar-refractivity contribution in [2.24, 2.45) is 11.8 Å². The third-order valence-electron chi connectivity index (χ3n) is 5.79. The van der Waals surface area contributed by atoms with Crippen molar-refractivity contribution in [3.63, 3.8) is 0 Å². The molecule has 3 heteroatoms. The summed E-state index contributed by atoms with van der Waals surface area (Å²) in [4.78, 5) is 14.7. The molecule has 0 spiro atoms. The molecule has 0 bridgehead atoms. The lowest BCUT2D eigenvalue weighted by molar-refractivity contribution is -0.122. The molecule has 4 rings (SSSR count). The van der Waals surface area contributed by atoms with E-state index in [1.807, 2.05) is 6.07 Å². The molecule has 2 aromatic carbocycles. The summed E-state index contributed by atoms with van der Waals surface area (Å²) in [5.74, 6) is 0.980. The summed E-state index contributed by atoms with van der Waals surface area (Å²) in [5.41, 5.74) is 5.00. The maximum atomic E-state index is 12.1. The van der Waals surface area contributed by atoms with E-state index < -0.39 is 0 Å². The summed E-state index contributed by atoms with van der Waals surface area (Å²) in [6.45, 7) is 6.25. The van der Waals surface area contributed by atoms with Gasteiger partial charge in [-0.3, -0.25) is 9.69 Å². The van der Waals surface area contributed by atoms with Crippen LogP contribution in [0.15, 0.2) is 48.5 Å². The predicted molar refractivity (Wildman–Crippen MR) is 106 cm³/mol. The number of amides is 1. The van der Waals surface area contributed by atoms with Crippen LogP contribution in [0, 0.1) is 11.8 Å². The molecule has 26 heavy (non-hydrogen) atoms. The van der Waals surface area contributed by atoms with E-state index in [-0.39, 0.29) is 11.8 Å². The predicted octanol–water partition coefficient (Wildman–Crippen LogP) is 4.22. The number of rotatable bonds is 6. The molecule has 2 aliphatic rings. The van der Waals surface area contributed by atoms with Gasteiger partial charge in [0.1, 0.15) is 0 Å². The fourth-order valence-electron chi connectivity index (χ4n) is 3.95. The molecule has 1 amide bonds. The highest BCUT2D eigenvalue weighted by atomic mass is 16.2. The van der Waals surface area contributed by atoms with Crippen LogP contribution < -0.4 is 5.32 Å². The summed E-state index contributed by atoms with van der Waals surface area (Å²) in [7, 11) is 0. The fourth-order valence-corrected chi connectivity index (χ4v) is 3.95. The minimum absolute atomic E-state index is 0.202. The molecular formula is C23H28N2O. The molecule has 2 fully saturated rings. The van der Waals surface area contributed by atoms with Crippen LogP contribution in [0.25, 0.3) is 11.1 Å². The number of hydrogen-bond donors (Lipinski definition) is 1. The van der Waals surface area contributed by atoms with Crippen LogP contribution in [0.4, 0.5) is 0 Å². The van der Waals surface area contributed by atoms with Crippen LogP contribution >= 0.6 is 0 Å². The van der Waals surface area contributed by atoms with Gasteiger partial charge in [-0.15, -0.1) is 0 Å². The van der Waals surface area contributed by atoms with Crippen molar-refractivity contribution < 1.29 is 4.79 Å². The van der Waals surface area contributed by atoms with E-state index in [9.17, 15) is 4.79 Å². The standard InChI is InChI=1S/C23H28N2O/c1-17-14-22(17)23(26)24-15-20-6-2-3-7-21(20)19-10-8-18(9-11-19)16-25-12-4-5-13-25/h2-3,6-11,17,22H,4-5,12-16H2,1H3,(H,24,26)/t17-,22-/m1/s1. The first-order chi connectivity index (χ1) is 12.7. The van der Waals surface area contributed by atoms with Crippen molar-refractivity contribution in [3.8, 4) is 11.1 Å². The van der Waals surface area contributed by atoms with Gasteiger partial charge in [-0.2, -0.15) is 0 Å². The van der Waals surface area contributed by atoms with Gasteiger partial charge in [0.25, 0.3) is 0 Å². The van der Waals surface area contributed by atoms with Crippen molar-refractivity contribution in [1.82, 2.24) is 10.2 Å². The molecule has 2 aromatic rings. The molecule has 1 saturated heterocycles. The number of carbonyl (C=O) groups excluding carboxylic acids is 1. The molecule has 1 saturated carbocycles. The smallest absolute Gasteiger partial charge is 0.223 e. The van der Waals surface area contributed by atoms with Crippen LogP contribution in [0.2, 0.25) is 0 Å². The van der Waals surface area contributed by atoms with Gasteiger partial charge in [0.15, 0.2) is 0 Å². The maximum absolute atomic E-state index is 12.1. The summed E-state index contributed by atoms with van der Waals surface area (Å²) in [6.07, 6.45) is 3.69. The lowest BCUT2D eigenvalue weighted by Gasteiger charge is -2.15. The molecule has 1 heterocycles. The Hall–Kier alpha value is -2.13. The number of likely N-dealkylation sites (tertiary alicyclic amines) is 1. The van der Waals surface area contributed by atoms with Gasteiger partial charge in [-0.25, -0.2) is 0 Å². The van der Waals surface area contributed by atoms with E-state index in [4.69, 9.17) is 0 Å². The molecular weight excluding hydrogens is 320 g/mol.